The number of anilines is 1. The van der Waals surface area contributed by atoms with Gasteiger partial charge in [-0.3, -0.25) is 19.7 Å². The number of rotatable bonds is 4. The summed E-state index contributed by atoms with van der Waals surface area (Å²) in [7, 11) is -3.97. The zero-order valence-electron chi connectivity index (χ0n) is 18.3. The molecule has 0 radical (unpaired) electrons. The van der Waals surface area contributed by atoms with Crippen LogP contribution in [0.5, 0.6) is 0 Å². The third kappa shape index (κ3) is 3.48. The highest BCUT2D eigenvalue weighted by atomic mass is 32.2. The molecule has 2 saturated heterocycles. The van der Waals surface area contributed by atoms with E-state index in [9.17, 15) is 23.3 Å². The Balaban J connectivity index is 1.40. The Labute approximate surface area is 196 Å². The van der Waals surface area contributed by atoms with Gasteiger partial charge >= 0.3 is 0 Å². The number of hydrogen-bond acceptors (Lipinski definition) is 6. The topological polar surface area (TPSA) is 147 Å². The molecule has 1 spiro atoms. The van der Waals surface area contributed by atoms with Crippen LogP contribution >= 0.6 is 0 Å². The summed E-state index contributed by atoms with van der Waals surface area (Å²) in [6.07, 6.45) is 2.43. The van der Waals surface area contributed by atoms with Crippen molar-refractivity contribution in [2.24, 2.45) is 0 Å². The van der Waals surface area contributed by atoms with Gasteiger partial charge in [-0.2, -0.15) is 5.26 Å². The first kappa shape index (κ1) is 21.9. The number of hydrogen-bond donors (Lipinski definition) is 4. The van der Waals surface area contributed by atoms with E-state index in [-0.39, 0.29) is 28.7 Å². The molecule has 2 aliphatic heterocycles. The Kier molecular flexibility index (Phi) is 5.07. The summed E-state index contributed by atoms with van der Waals surface area (Å²) >= 11 is 0. The molecule has 2 amide bonds. The fourth-order valence-electron chi connectivity index (χ4n) is 4.70. The van der Waals surface area contributed by atoms with Crippen LogP contribution in [-0.2, 0) is 14.8 Å². The fourth-order valence-corrected chi connectivity index (χ4v) is 5.77. The number of nitriles is 1. The number of aryl methyl sites for hydroxylation is 1. The van der Waals surface area contributed by atoms with Crippen molar-refractivity contribution in [2.75, 3.05) is 17.8 Å². The van der Waals surface area contributed by atoms with Crippen LogP contribution in [0.25, 0.3) is 10.9 Å². The molecule has 0 saturated carbocycles. The summed E-state index contributed by atoms with van der Waals surface area (Å²) in [6.45, 7) is 3.08. The molecule has 5 rings (SSSR count). The molecular weight excluding hydrogens is 456 g/mol. The summed E-state index contributed by atoms with van der Waals surface area (Å²) in [4.78, 5) is 28.1. The zero-order valence-corrected chi connectivity index (χ0v) is 19.1. The predicted octanol–water partition coefficient (Wildman–Crippen LogP) is 1.76. The van der Waals surface area contributed by atoms with Crippen LogP contribution in [0.2, 0.25) is 0 Å². The first-order chi connectivity index (χ1) is 16.2. The third-order valence-electron chi connectivity index (χ3n) is 6.44. The standard InChI is InChI=1S/C23H22N6O4S/c1-14-2-7-18(21-20(14)16(11-24)12-26-21)28-34(32,33)17-5-3-15(4-6-17)22(31)29-23(8-9-25-13-23)10-19(30)27-29/h2-7,12,25-26,28H,8-10,13H2,1H3,(H,27,30). The van der Waals surface area contributed by atoms with Gasteiger partial charge in [0, 0.05) is 23.7 Å². The summed E-state index contributed by atoms with van der Waals surface area (Å²) in [5, 5.41) is 14.5. The number of sulfonamides is 1. The van der Waals surface area contributed by atoms with Crippen LogP contribution in [0, 0.1) is 18.3 Å². The van der Waals surface area contributed by atoms with E-state index in [4.69, 9.17) is 0 Å². The van der Waals surface area contributed by atoms with E-state index in [1.54, 1.807) is 18.3 Å². The molecule has 174 valence electrons. The lowest BCUT2D eigenvalue weighted by molar-refractivity contribution is -0.120. The molecule has 3 aromatic rings. The van der Waals surface area contributed by atoms with E-state index in [0.717, 1.165) is 5.56 Å². The number of fused-ring (bicyclic) bond motifs is 1. The van der Waals surface area contributed by atoms with Gasteiger partial charge in [0.05, 0.1) is 33.6 Å². The molecular formula is C23H22N6O4S. The lowest BCUT2D eigenvalue weighted by atomic mass is 9.94. The predicted molar refractivity (Wildman–Crippen MR) is 124 cm³/mol. The second kappa shape index (κ2) is 7.86. The van der Waals surface area contributed by atoms with Gasteiger partial charge in [0.25, 0.3) is 15.9 Å². The van der Waals surface area contributed by atoms with Crippen molar-refractivity contribution in [1.82, 2.24) is 20.7 Å². The number of H-pyrrole nitrogens is 1. The van der Waals surface area contributed by atoms with E-state index < -0.39 is 15.6 Å². The van der Waals surface area contributed by atoms with Gasteiger partial charge in [0.2, 0.25) is 5.91 Å². The van der Waals surface area contributed by atoms with Gasteiger partial charge in [0.1, 0.15) is 6.07 Å². The first-order valence-corrected chi connectivity index (χ1v) is 12.2. The minimum atomic E-state index is -3.97. The largest absolute Gasteiger partial charge is 0.358 e. The highest BCUT2D eigenvalue weighted by molar-refractivity contribution is 7.92. The van der Waals surface area contributed by atoms with E-state index in [1.807, 2.05) is 6.92 Å². The molecule has 1 unspecified atom stereocenters. The Bertz CT molecular complexity index is 1460. The fraction of sp³-hybridized carbons (Fsp3) is 0.261. The number of amides is 2. The van der Waals surface area contributed by atoms with Gasteiger partial charge in [-0.15, -0.1) is 0 Å². The highest BCUT2D eigenvalue weighted by Gasteiger charge is 2.49. The average molecular weight is 479 g/mol. The minimum Gasteiger partial charge on any atom is -0.358 e. The van der Waals surface area contributed by atoms with E-state index in [1.165, 1.54) is 29.3 Å². The number of aromatic nitrogens is 1. The Morgan fingerprint density at radius 2 is 1.97 bits per heavy atom. The third-order valence-corrected chi connectivity index (χ3v) is 7.83. The molecule has 10 nitrogen and oxygen atoms in total. The van der Waals surface area contributed by atoms with Gasteiger partial charge in [0.15, 0.2) is 0 Å². The van der Waals surface area contributed by atoms with Crippen molar-refractivity contribution in [2.45, 2.75) is 30.2 Å². The summed E-state index contributed by atoms with van der Waals surface area (Å²) < 4.78 is 28.6. The summed E-state index contributed by atoms with van der Waals surface area (Å²) in [5.41, 5.74) is 4.43. The maximum atomic E-state index is 13.1. The molecule has 2 aliphatic rings. The number of carbonyl (C=O) groups excluding carboxylic acids is 2. The molecule has 2 aromatic carbocycles. The lowest BCUT2D eigenvalue weighted by Crippen LogP contribution is -2.53. The van der Waals surface area contributed by atoms with E-state index in [2.05, 4.69) is 26.5 Å². The molecule has 1 atom stereocenters. The smallest absolute Gasteiger partial charge is 0.272 e. The maximum Gasteiger partial charge on any atom is 0.272 e. The van der Waals surface area contributed by atoms with Crippen LogP contribution in [0.3, 0.4) is 0 Å². The lowest BCUT2D eigenvalue weighted by Gasteiger charge is -2.32. The monoisotopic (exact) mass is 478 g/mol. The van der Waals surface area contributed by atoms with Gasteiger partial charge in [-0.1, -0.05) is 6.07 Å². The van der Waals surface area contributed by atoms with Crippen molar-refractivity contribution >= 4 is 38.4 Å². The average Bonchev–Trinajstić information content (AvgIpc) is 3.54. The van der Waals surface area contributed by atoms with Crippen molar-refractivity contribution in [3.63, 3.8) is 0 Å². The Hall–Kier alpha value is -3.88. The quantitative estimate of drug-likeness (QED) is 0.449. The number of aromatic amines is 1. The second-order valence-corrected chi connectivity index (χ2v) is 10.3. The molecule has 2 fully saturated rings. The molecule has 0 aliphatic carbocycles. The van der Waals surface area contributed by atoms with Crippen LogP contribution in [0.4, 0.5) is 5.69 Å². The molecule has 0 bridgehead atoms. The van der Waals surface area contributed by atoms with Crippen molar-refractivity contribution in [3.05, 3.63) is 59.3 Å². The number of hydrazine groups is 1. The molecule has 3 heterocycles. The van der Waals surface area contributed by atoms with E-state index in [0.29, 0.717) is 41.7 Å². The van der Waals surface area contributed by atoms with Gasteiger partial charge < -0.3 is 10.3 Å². The maximum absolute atomic E-state index is 13.1. The Morgan fingerprint density at radius 1 is 1.21 bits per heavy atom. The molecule has 34 heavy (non-hydrogen) atoms. The molecule has 1 aromatic heterocycles. The molecule has 11 heteroatoms. The number of carbonyl (C=O) groups is 2. The number of nitrogens with zero attached hydrogens (tertiary/aromatic N) is 2. The number of nitrogens with one attached hydrogen (secondary N) is 4. The van der Waals surface area contributed by atoms with Crippen molar-refractivity contribution in [3.8, 4) is 6.07 Å². The normalized spacial score (nSPS) is 20.0. The SMILES string of the molecule is Cc1ccc(NS(=O)(=O)c2ccc(C(=O)N3NC(=O)CC34CCNC4)cc2)c2[nH]cc(C#N)c12. The Morgan fingerprint density at radius 3 is 2.65 bits per heavy atom. The zero-order chi connectivity index (χ0) is 24.1. The van der Waals surface area contributed by atoms with Gasteiger partial charge in [-0.25, -0.2) is 13.4 Å². The highest BCUT2D eigenvalue weighted by Crippen LogP contribution is 2.32. The summed E-state index contributed by atoms with van der Waals surface area (Å²) in [5.74, 6) is -0.601. The van der Waals surface area contributed by atoms with E-state index >= 15 is 0 Å². The second-order valence-electron chi connectivity index (χ2n) is 8.63. The minimum absolute atomic E-state index is 0.0208. The first-order valence-electron chi connectivity index (χ1n) is 10.7. The van der Waals surface area contributed by atoms with Crippen LogP contribution in [0.15, 0.2) is 47.5 Å². The van der Waals surface area contributed by atoms with Crippen LogP contribution < -0.4 is 15.5 Å². The van der Waals surface area contributed by atoms with Crippen molar-refractivity contribution < 1.29 is 18.0 Å². The molecule has 4 N–H and O–H groups in total. The van der Waals surface area contributed by atoms with Crippen LogP contribution in [0.1, 0.15) is 34.3 Å². The van der Waals surface area contributed by atoms with Gasteiger partial charge in [-0.05, 0) is 55.8 Å². The van der Waals surface area contributed by atoms with Crippen molar-refractivity contribution in [1.29, 1.82) is 5.26 Å². The van der Waals surface area contributed by atoms with Crippen LogP contribution in [-0.4, -0.2) is 48.9 Å². The number of benzene rings is 2. The summed E-state index contributed by atoms with van der Waals surface area (Å²) in [6, 6.07) is 11.1.